The molecular weight excluding hydrogens is 260 g/mol. The zero-order chi connectivity index (χ0) is 15.3. The van der Waals surface area contributed by atoms with E-state index in [9.17, 15) is 9.59 Å². The van der Waals surface area contributed by atoms with E-state index in [0.717, 1.165) is 0 Å². The van der Waals surface area contributed by atoms with Crippen LogP contribution in [0, 0.1) is 12.8 Å². The molecule has 20 heavy (non-hydrogen) atoms. The summed E-state index contributed by atoms with van der Waals surface area (Å²) in [5, 5.41) is 6.20. The third kappa shape index (κ3) is 5.00. The fraction of sp³-hybridized carbons (Fsp3) is 0.615. The van der Waals surface area contributed by atoms with Crippen molar-refractivity contribution in [1.82, 2.24) is 10.1 Å². The van der Waals surface area contributed by atoms with Gasteiger partial charge in [-0.1, -0.05) is 19.0 Å². The number of nitrogens with zero attached hydrogens (tertiary/aromatic N) is 2. The monoisotopic (exact) mass is 282 g/mol. The van der Waals surface area contributed by atoms with Crippen molar-refractivity contribution in [2.45, 2.75) is 33.2 Å². The van der Waals surface area contributed by atoms with Gasteiger partial charge >= 0.3 is 0 Å². The van der Waals surface area contributed by atoms with Crippen molar-refractivity contribution in [3.05, 3.63) is 11.8 Å². The number of hydrogen-bond acceptors (Lipinski definition) is 5. The molecule has 0 unspecified atom stereocenters. The maximum atomic E-state index is 12.0. The highest BCUT2D eigenvalue weighted by Crippen LogP contribution is 2.08. The number of likely N-dealkylation sites (N-methyl/N-ethyl adjacent to an activating group) is 1. The number of hydrogen-bond donors (Lipinski definition) is 2. The summed E-state index contributed by atoms with van der Waals surface area (Å²) in [6.45, 7) is 5.64. The van der Waals surface area contributed by atoms with Crippen LogP contribution in [0.4, 0.5) is 5.82 Å². The standard InChI is InChI=1S/C13H22N4O3/c1-8(2)5-10(14)13(19)17(4)7-12(18)15-11-6-9(3)20-16-11/h6,8,10H,5,7,14H2,1-4H3,(H,15,16,18)/t10-/m0/s1. The number of carbonyl (C=O) groups excluding carboxylic acids is 2. The van der Waals surface area contributed by atoms with E-state index in [1.807, 2.05) is 13.8 Å². The Balaban J connectivity index is 2.46. The third-order valence-electron chi connectivity index (χ3n) is 2.69. The minimum absolute atomic E-state index is 0.0729. The van der Waals surface area contributed by atoms with Gasteiger partial charge in [0.15, 0.2) is 5.82 Å². The Morgan fingerprint density at radius 2 is 2.15 bits per heavy atom. The first-order valence-electron chi connectivity index (χ1n) is 6.53. The average molecular weight is 282 g/mol. The summed E-state index contributed by atoms with van der Waals surface area (Å²) in [6.07, 6.45) is 0.591. The van der Waals surface area contributed by atoms with Crippen LogP contribution in [0.2, 0.25) is 0 Å². The topological polar surface area (TPSA) is 101 Å². The van der Waals surface area contributed by atoms with E-state index in [1.165, 1.54) is 4.90 Å². The summed E-state index contributed by atoms with van der Waals surface area (Å²) < 4.78 is 4.83. The predicted molar refractivity (Wildman–Crippen MR) is 74.9 cm³/mol. The zero-order valence-electron chi connectivity index (χ0n) is 12.3. The number of nitrogens with one attached hydrogen (secondary N) is 1. The van der Waals surface area contributed by atoms with Crippen LogP contribution in [0.25, 0.3) is 0 Å². The van der Waals surface area contributed by atoms with Gasteiger partial charge in [-0.2, -0.15) is 0 Å². The van der Waals surface area contributed by atoms with Gasteiger partial charge in [0.05, 0.1) is 12.6 Å². The van der Waals surface area contributed by atoms with Gasteiger partial charge in [0, 0.05) is 13.1 Å². The molecule has 2 amide bonds. The first kappa shape index (κ1) is 16.2. The second-order valence-electron chi connectivity index (χ2n) is 5.30. The Morgan fingerprint density at radius 1 is 1.50 bits per heavy atom. The normalized spacial score (nSPS) is 12.3. The van der Waals surface area contributed by atoms with Crippen molar-refractivity contribution in [3.63, 3.8) is 0 Å². The van der Waals surface area contributed by atoms with Crippen LogP contribution in [0.15, 0.2) is 10.6 Å². The molecule has 0 aliphatic heterocycles. The van der Waals surface area contributed by atoms with E-state index in [-0.39, 0.29) is 18.4 Å². The summed E-state index contributed by atoms with van der Waals surface area (Å²) in [7, 11) is 1.55. The van der Waals surface area contributed by atoms with Gasteiger partial charge in [0.2, 0.25) is 11.8 Å². The summed E-state index contributed by atoms with van der Waals surface area (Å²) in [6, 6.07) is 1.02. The smallest absolute Gasteiger partial charge is 0.245 e. The molecule has 0 spiro atoms. The predicted octanol–water partition coefficient (Wildman–Crippen LogP) is 0.753. The minimum Gasteiger partial charge on any atom is -0.360 e. The fourth-order valence-electron chi connectivity index (χ4n) is 1.79. The van der Waals surface area contributed by atoms with Gasteiger partial charge < -0.3 is 20.5 Å². The van der Waals surface area contributed by atoms with Gasteiger partial charge in [-0.15, -0.1) is 0 Å². The molecule has 1 heterocycles. The minimum atomic E-state index is -0.581. The van der Waals surface area contributed by atoms with Crippen molar-refractivity contribution in [2.24, 2.45) is 11.7 Å². The lowest BCUT2D eigenvalue weighted by molar-refractivity contribution is -0.134. The molecule has 0 fully saturated rings. The van der Waals surface area contributed by atoms with E-state index in [4.69, 9.17) is 10.3 Å². The number of rotatable bonds is 6. The molecule has 0 aromatic carbocycles. The lowest BCUT2D eigenvalue weighted by atomic mass is 10.0. The molecule has 7 heteroatoms. The molecule has 0 radical (unpaired) electrons. The Bertz CT molecular complexity index is 470. The first-order chi connectivity index (χ1) is 9.29. The quantitative estimate of drug-likeness (QED) is 0.801. The molecule has 1 rings (SSSR count). The van der Waals surface area contributed by atoms with Crippen LogP contribution in [0.5, 0.6) is 0 Å². The molecule has 1 aromatic rings. The lowest BCUT2D eigenvalue weighted by Gasteiger charge is -2.21. The van der Waals surface area contributed by atoms with E-state index in [2.05, 4.69) is 10.5 Å². The molecule has 1 atom stereocenters. The Morgan fingerprint density at radius 3 is 2.65 bits per heavy atom. The summed E-state index contributed by atoms with van der Waals surface area (Å²) in [5.74, 6) is 0.675. The fourth-order valence-corrected chi connectivity index (χ4v) is 1.79. The van der Waals surface area contributed by atoms with Gasteiger partial charge in [-0.25, -0.2) is 0 Å². The lowest BCUT2D eigenvalue weighted by Crippen LogP contribution is -2.45. The van der Waals surface area contributed by atoms with E-state index in [0.29, 0.717) is 23.9 Å². The number of carbonyl (C=O) groups is 2. The molecule has 112 valence electrons. The largest absolute Gasteiger partial charge is 0.360 e. The number of nitrogens with two attached hydrogens (primary N) is 1. The highest BCUT2D eigenvalue weighted by Gasteiger charge is 2.21. The highest BCUT2D eigenvalue weighted by atomic mass is 16.5. The number of aryl methyl sites for hydroxylation is 1. The maximum Gasteiger partial charge on any atom is 0.245 e. The first-order valence-corrected chi connectivity index (χ1v) is 6.53. The van der Waals surface area contributed by atoms with Gasteiger partial charge in [-0.05, 0) is 19.3 Å². The second-order valence-corrected chi connectivity index (χ2v) is 5.30. The van der Waals surface area contributed by atoms with Crippen LogP contribution in [0.1, 0.15) is 26.0 Å². The SMILES string of the molecule is Cc1cc(NC(=O)CN(C)C(=O)[C@@H](N)CC(C)C)no1. The molecule has 0 saturated carbocycles. The van der Waals surface area contributed by atoms with Crippen molar-refractivity contribution in [3.8, 4) is 0 Å². The molecule has 7 nitrogen and oxygen atoms in total. The van der Waals surface area contributed by atoms with Crippen LogP contribution in [0.3, 0.4) is 0 Å². The Labute approximate surface area is 118 Å². The maximum absolute atomic E-state index is 12.0. The molecule has 0 saturated heterocycles. The Kier molecular flexibility index (Phi) is 5.69. The molecule has 3 N–H and O–H groups in total. The molecular formula is C13H22N4O3. The highest BCUT2D eigenvalue weighted by molar-refractivity contribution is 5.94. The number of aromatic nitrogens is 1. The molecule has 0 aliphatic rings. The van der Waals surface area contributed by atoms with Crippen molar-refractivity contribution >= 4 is 17.6 Å². The number of amides is 2. The molecule has 1 aromatic heterocycles. The van der Waals surface area contributed by atoms with Crippen molar-refractivity contribution in [1.29, 1.82) is 0 Å². The average Bonchev–Trinajstić information content (AvgIpc) is 2.72. The van der Waals surface area contributed by atoms with Gasteiger partial charge in [-0.3, -0.25) is 9.59 Å². The van der Waals surface area contributed by atoms with Gasteiger partial charge in [0.1, 0.15) is 5.76 Å². The van der Waals surface area contributed by atoms with Crippen molar-refractivity contribution in [2.75, 3.05) is 18.9 Å². The van der Waals surface area contributed by atoms with E-state index < -0.39 is 6.04 Å². The third-order valence-corrected chi connectivity index (χ3v) is 2.69. The molecule has 0 aliphatic carbocycles. The second kappa shape index (κ2) is 7.04. The van der Waals surface area contributed by atoms with Crippen LogP contribution in [-0.4, -0.2) is 41.5 Å². The summed E-state index contributed by atoms with van der Waals surface area (Å²) in [5.41, 5.74) is 5.80. The zero-order valence-corrected chi connectivity index (χ0v) is 12.3. The van der Waals surface area contributed by atoms with Crippen LogP contribution >= 0.6 is 0 Å². The van der Waals surface area contributed by atoms with Crippen molar-refractivity contribution < 1.29 is 14.1 Å². The van der Waals surface area contributed by atoms with Crippen LogP contribution < -0.4 is 11.1 Å². The van der Waals surface area contributed by atoms with Crippen LogP contribution in [-0.2, 0) is 9.59 Å². The summed E-state index contributed by atoms with van der Waals surface area (Å²) in [4.78, 5) is 25.0. The van der Waals surface area contributed by atoms with E-state index >= 15 is 0 Å². The Hall–Kier alpha value is -1.89. The molecule has 0 bridgehead atoms. The summed E-state index contributed by atoms with van der Waals surface area (Å²) >= 11 is 0. The van der Waals surface area contributed by atoms with E-state index in [1.54, 1.807) is 20.0 Å². The van der Waals surface area contributed by atoms with Gasteiger partial charge in [0.25, 0.3) is 0 Å². The number of anilines is 1.